The summed E-state index contributed by atoms with van der Waals surface area (Å²) in [7, 11) is 4.91. The van der Waals surface area contributed by atoms with E-state index in [1.165, 1.54) is 31.4 Å². The van der Waals surface area contributed by atoms with E-state index in [1.807, 2.05) is 0 Å². The van der Waals surface area contributed by atoms with Gasteiger partial charge in [-0.2, -0.15) is 0 Å². The Hall–Kier alpha value is -4.94. The molecular formula is C42H50ClN3O13. The molecule has 17 heteroatoms. The third kappa shape index (κ3) is 8.57. The highest BCUT2D eigenvalue weighted by molar-refractivity contribution is 6.32. The Kier molecular flexibility index (Phi) is 12.5. The lowest BCUT2D eigenvalue weighted by molar-refractivity contribution is -0.330. The van der Waals surface area contributed by atoms with Gasteiger partial charge >= 0.3 is 11.9 Å². The van der Waals surface area contributed by atoms with Gasteiger partial charge in [-0.05, 0) is 88.3 Å². The minimum Gasteiger partial charge on any atom is -0.504 e. The number of hydrogen-bond acceptors (Lipinski definition) is 15. The molecule has 2 unspecified atom stereocenters. The van der Waals surface area contributed by atoms with Gasteiger partial charge < -0.3 is 64.4 Å². The standard InChI is InChI=1S/C42H50ClN3O13/c1-9-22-15-31(42(12-10-11-20(42)2)59-40-35(50)34(49)37(46(6)7)41(4,5)58-40)57-36-26(43)13-23(14-28(36)47)27(44)18-32(48)54-19-30(22)56-39(52)25-16-24(53-8)17-29-33(25)45-38(51)21(3)55-29/h10-17,27,30-31,34-35,37,40,47,49-50H,3,9,18-19,44H2,1-2,4-8H3,(H,45,51)/b22-15+/t27-,30?,31+,34-,35+,37-,40-,42?/m0/s1. The first-order valence-corrected chi connectivity index (χ1v) is 19.3. The predicted octanol–water partition coefficient (Wildman–Crippen LogP) is 4.21. The zero-order valence-corrected chi connectivity index (χ0v) is 34.6. The van der Waals surface area contributed by atoms with Crippen molar-refractivity contribution in [3.05, 3.63) is 88.2 Å². The lowest BCUT2D eigenvalue weighted by Crippen LogP contribution is -2.68. The molecule has 8 atom stereocenters. The SMILES string of the molecule is C=C1Oc2cc(OC)cc(C(=O)OC3COC(=O)C[C@H](N)c4cc(O)c(c(Cl)c4)O[C@@H](C4(O[C@@H]5OC(C)(C)[C@@H](N(C)C)[C@@H](O)[C@H]5O)C=CC=C4C)/C=C/3CC)c2NC1=O. The number of halogens is 1. The van der Waals surface area contributed by atoms with Gasteiger partial charge in [0.15, 0.2) is 47.1 Å². The van der Waals surface area contributed by atoms with Crippen LogP contribution >= 0.6 is 11.6 Å². The number of phenols is 1. The van der Waals surface area contributed by atoms with Crippen LogP contribution in [0.2, 0.25) is 5.02 Å². The minimum atomic E-state index is -1.63. The number of aliphatic hydroxyl groups excluding tert-OH is 2. The Morgan fingerprint density at radius 1 is 1.15 bits per heavy atom. The smallest absolute Gasteiger partial charge is 0.341 e. The molecule has 1 fully saturated rings. The number of hydrogen-bond donors (Lipinski definition) is 5. The van der Waals surface area contributed by atoms with Gasteiger partial charge in [-0.25, -0.2) is 4.79 Å². The Balaban J connectivity index is 1.49. The number of fused-ring (bicyclic) bond motifs is 11. The second-order valence-electron chi connectivity index (χ2n) is 15.5. The maximum absolute atomic E-state index is 14.2. The summed E-state index contributed by atoms with van der Waals surface area (Å²) < 4.78 is 42.5. The van der Waals surface area contributed by atoms with Crippen molar-refractivity contribution in [2.75, 3.05) is 33.1 Å². The maximum atomic E-state index is 14.2. The zero-order valence-electron chi connectivity index (χ0n) is 33.8. The average Bonchev–Trinajstić information content (AvgIpc) is 3.53. The van der Waals surface area contributed by atoms with Crippen LogP contribution in [0.25, 0.3) is 0 Å². The fourth-order valence-electron chi connectivity index (χ4n) is 7.85. The van der Waals surface area contributed by atoms with Crippen LogP contribution in [0.4, 0.5) is 5.69 Å². The number of nitrogens with zero attached hydrogens (tertiary/aromatic N) is 1. The van der Waals surface area contributed by atoms with Crippen molar-refractivity contribution >= 4 is 35.1 Å². The summed E-state index contributed by atoms with van der Waals surface area (Å²) in [6.07, 6.45) is -0.282. The first kappa shape index (κ1) is 43.6. The second-order valence-corrected chi connectivity index (χ2v) is 15.9. The van der Waals surface area contributed by atoms with Crippen LogP contribution in [0.1, 0.15) is 62.5 Å². The third-order valence-electron chi connectivity index (χ3n) is 10.9. The molecule has 16 nitrogen and oxygen atoms in total. The molecule has 0 aromatic heterocycles. The number of nitrogens with two attached hydrogens (primary N) is 1. The summed E-state index contributed by atoms with van der Waals surface area (Å²) in [5, 5.41) is 36.8. The number of anilines is 1. The van der Waals surface area contributed by atoms with E-state index >= 15 is 0 Å². The number of phenolic OH excluding ortho intramolecular Hbond substituents is 1. The average molecular weight is 840 g/mol. The summed E-state index contributed by atoms with van der Waals surface area (Å²) in [5.74, 6) is -2.84. The van der Waals surface area contributed by atoms with Crippen LogP contribution in [0.3, 0.4) is 0 Å². The Labute approximate surface area is 346 Å². The van der Waals surface area contributed by atoms with Crippen molar-refractivity contribution in [1.82, 2.24) is 4.90 Å². The van der Waals surface area contributed by atoms with E-state index in [0.717, 1.165) is 0 Å². The van der Waals surface area contributed by atoms with Gasteiger partial charge in [0.05, 0.1) is 41.4 Å². The van der Waals surface area contributed by atoms with Crippen LogP contribution in [-0.4, -0.2) is 114 Å². The number of aromatic hydroxyl groups is 1. The van der Waals surface area contributed by atoms with E-state index in [4.69, 9.17) is 50.5 Å². The Morgan fingerprint density at radius 3 is 2.51 bits per heavy atom. The molecule has 1 saturated heterocycles. The zero-order chi connectivity index (χ0) is 43.1. The van der Waals surface area contributed by atoms with Crippen molar-refractivity contribution in [2.24, 2.45) is 5.73 Å². The molecule has 1 amide bonds. The van der Waals surface area contributed by atoms with E-state index in [9.17, 15) is 29.7 Å². The fraction of sp³-hybridized carbons (Fsp3) is 0.452. The molecular weight excluding hydrogens is 790 g/mol. The number of allylic oxidation sites excluding steroid dienone is 2. The molecule has 2 aromatic carbocycles. The van der Waals surface area contributed by atoms with Crippen molar-refractivity contribution in [3.8, 4) is 23.0 Å². The summed E-state index contributed by atoms with van der Waals surface area (Å²) in [4.78, 5) is 41.8. The van der Waals surface area contributed by atoms with Crippen LogP contribution < -0.4 is 25.3 Å². The van der Waals surface area contributed by atoms with E-state index in [-0.39, 0.29) is 52.1 Å². The molecule has 0 radical (unpaired) electrons. The molecule has 318 valence electrons. The van der Waals surface area contributed by atoms with Crippen LogP contribution in [0.5, 0.6) is 23.0 Å². The topological polar surface area (TPSA) is 218 Å². The fourth-order valence-corrected chi connectivity index (χ4v) is 8.12. The number of amides is 1. The number of carbonyl (C=O) groups excluding carboxylic acids is 3. The molecule has 4 heterocycles. The van der Waals surface area contributed by atoms with Crippen LogP contribution in [0, 0.1) is 0 Å². The molecule has 6 N–H and O–H groups in total. The molecule has 7 rings (SSSR count). The molecule has 0 saturated carbocycles. The molecule has 4 aliphatic heterocycles. The highest BCUT2D eigenvalue weighted by Gasteiger charge is 2.54. The van der Waals surface area contributed by atoms with Crippen LogP contribution in [-0.2, 0) is 28.5 Å². The molecule has 59 heavy (non-hydrogen) atoms. The van der Waals surface area contributed by atoms with Gasteiger partial charge in [0.1, 0.15) is 24.6 Å². The van der Waals surface area contributed by atoms with Gasteiger partial charge in [-0.3, -0.25) is 9.59 Å². The van der Waals surface area contributed by atoms with E-state index in [2.05, 4.69) is 11.9 Å². The molecule has 2 aromatic rings. The Bertz CT molecular complexity index is 2090. The number of carbonyl (C=O) groups is 3. The van der Waals surface area contributed by atoms with Crippen molar-refractivity contribution in [1.29, 1.82) is 0 Å². The number of benzene rings is 2. The van der Waals surface area contributed by atoms with Gasteiger partial charge in [0, 0.05) is 12.1 Å². The van der Waals surface area contributed by atoms with Gasteiger partial charge in [-0.1, -0.05) is 37.3 Å². The molecule has 0 spiro atoms. The van der Waals surface area contributed by atoms with E-state index in [1.54, 1.807) is 71.0 Å². The quantitative estimate of drug-likeness (QED) is 0.143. The molecule has 5 aliphatic rings. The predicted molar refractivity (Wildman–Crippen MR) is 214 cm³/mol. The van der Waals surface area contributed by atoms with E-state index in [0.29, 0.717) is 16.7 Å². The molecule has 2 bridgehead atoms. The summed E-state index contributed by atoms with van der Waals surface area (Å²) >= 11 is 6.77. The number of likely N-dealkylation sites (N-methyl/N-ethyl adjacent to an activating group) is 1. The minimum absolute atomic E-state index is 0.00491. The first-order valence-electron chi connectivity index (χ1n) is 19.0. The van der Waals surface area contributed by atoms with Crippen LogP contribution in [0.15, 0.2) is 72.1 Å². The lowest BCUT2D eigenvalue weighted by atomic mass is 9.85. The normalized spacial score (nSPS) is 30.2. The monoisotopic (exact) mass is 839 g/mol. The van der Waals surface area contributed by atoms with Crippen molar-refractivity contribution < 1.29 is 62.9 Å². The number of methoxy groups -OCH3 is 1. The Morgan fingerprint density at radius 2 is 1.88 bits per heavy atom. The highest BCUT2D eigenvalue weighted by atomic mass is 35.5. The number of esters is 2. The first-order chi connectivity index (χ1) is 27.8. The summed E-state index contributed by atoms with van der Waals surface area (Å²) in [6.45, 7) is 10.2. The van der Waals surface area contributed by atoms with Gasteiger partial charge in [-0.15, -0.1) is 0 Å². The van der Waals surface area contributed by atoms with Crippen molar-refractivity contribution in [2.45, 2.75) is 94.5 Å². The maximum Gasteiger partial charge on any atom is 0.341 e. The van der Waals surface area contributed by atoms with Crippen molar-refractivity contribution in [3.63, 3.8) is 0 Å². The number of aliphatic hydroxyl groups is 2. The van der Waals surface area contributed by atoms with E-state index < -0.39 is 84.2 Å². The summed E-state index contributed by atoms with van der Waals surface area (Å²) in [5.41, 5.74) is 4.80. The number of nitrogens with one attached hydrogen (secondary N) is 1. The second kappa shape index (κ2) is 17.0. The van der Waals surface area contributed by atoms with Gasteiger partial charge in [0.25, 0.3) is 5.91 Å². The number of rotatable bonds is 8. The highest BCUT2D eigenvalue weighted by Crippen LogP contribution is 2.45. The summed E-state index contributed by atoms with van der Waals surface area (Å²) in [6, 6.07) is 4.04. The van der Waals surface area contributed by atoms with Gasteiger partial charge in [0.2, 0.25) is 0 Å². The molecule has 1 aliphatic carbocycles. The lowest BCUT2D eigenvalue weighted by Gasteiger charge is -2.52. The third-order valence-corrected chi connectivity index (χ3v) is 11.2. The number of ether oxygens (including phenoxy) is 7. The largest absolute Gasteiger partial charge is 0.504 e.